The van der Waals surface area contributed by atoms with E-state index in [2.05, 4.69) is 68.4 Å². The lowest BCUT2D eigenvalue weighted by atomic mass is 9.85. The number of rotatable bonds is 13. The summed E-state index contributed by atoms with van der Waals surface area (Å²) in [6.45, 7) is 13.0. The molecule has 1 aromatic heterocycles. The van der Waals surface area contributed by atoms with Gasteiger partial charge in [0.25, 0.3) is 0 Å². The van der Waals surface area contributed by atoms with E-state index in [-0.39, 0.29) is 0 Å². The van der Waals surface area contributed by atoms with Gasteiger partial charge in [0.15, 0.2) is 0 Å². The van der Waals surface area contributed by atoms with Crippen molar-refractivity contribution in [2.45, 2.75) is 64.7 Å². The van der Waals surface area contributed by atoms with E-state index < -0.39 is 0 Å². The molecule has 0 aliphatic carbocycles. The van der Waals surface area contributed by atoms with Crippen LogP contribution >= 0.6 is 0 Å². The zero-order valence-electron chi connectivity index (χ0n) is 18.2. The number of unbranched alkanes of at least 4 members (excludes halogenated alkanes) is 1. The molecule has 29 heavy (non-hydrogen) atoms. The molecule has 1 heterocycles. The maximum atomic E-state index is 4.71. The highest BCUT2D eigenvalue weighted by molar-refractivity contribution is 5.56. The maximum absolute atomic E-state index is 4.71. The number of benzene rings is 1. The van der Waals surface area contributed by atoms with E-state index in [1.165, 1.54) is 40.8 Å². The van der Waals surface area contributed by atoms with Crippen molar-refractivity contribution in [2.24, 2.45) is 0 Å². The van der Waals surface area contributed by atoms with E-state index >= 15 is 0 Å². The maximum Gasteiger partial charge on any atom is 0.0438 e. The van der Waals surface area contributed by atoms with Crippen molar-refractivity contribution in [1.29, 1.82) is 0 Å². The van der Waals surface area contributed by atoms with Gasteiger partial charge >= 0.3 is 0 Å². The van der Waals surface area contributed by atoms with Crippen LogP contribution in [0, 0.1) is 6.92 Å². The van der Waals surface area contributed by atoms with Gasteiger partial charge in [-0.25, -0.2) is 0 Å². The fourth-order valence-electron chi connectivity index (χ4n) is 4.07. The number of nitrogens with one attached hydrogen (secondary N) is 1. The molecule has 0 aliphatic heterocycles. The Balaban J connectivity index is 2.13. The number of pyridine rings is 1. The van der Waals surface area contributed by atoms with Crippen molar-refractivity contribution in [3.05, 3.63) is 89.6 Å². The second-order valence-electron chi connectivity index (χ2n) is 7.68. The third-order valence-corrected chi connectivity index (χ3v) is 5.56. The van der Waals surface area contributed by atoms with Gasteiger partial charge in [-0.1, -0.05) is 63.3 Å². The Kier molecular flexibility index (Phi) is 10.0. The molecule has 2 nitrogen and oxygen atoms in total. The minimum Gasteiger partial charge on any atom is -0.385 e. The van der Waals surface area contributed by atoms with Crippen LogP contribution in [0.5, 0.6) is 0 Å². The molecule has 0 saturated heterocycles. The highest BCUT2D eigenvalue weighted by Gasteiger charge is 2.16. The van der Waals surface area contributed by atoms with Crippen molar-refractivity contribution in [3.8, 4) is 0 Å². The lowest BCUT2D eigenvalue weighted by Crippen LogP contribution is -2.10. The first-order chi connectivity index (χ1) is 14.2. The topological polar surface area (TPSA) is 24.9 Å². The van der Waals surface area contributed by atoms with E-state index in [4.69, 9.17) is 4.98 Å². The van der Waals surface area contributed by atoms with Crippen molar-refractivity contribution in [1.82, 2.24) is 10.3 Å². The summed E-state index contributed by atoms with van der Waals surface area (Å²) in [5.41, 5.74) is 9.50. The highest BCUT2D eigenvalue weighted by atomic mass is 14.8. The Morgan fingerprint density at radius 1 is 1.14 bits per heavy atom. The summed E-state index contributed by atoms with van der Waals surface area (Å²) in [5, 5.41) is 3.24. The summed E-state index contributed by atoms with van der Waals surface area (Å²) < 4.78 is 0. The van der Waals surface area contributed by atoms with E-state index in [9.17, 15) is 0 Å². The third kappa shape index (κ3) is 7.07. The smallest absolute Gasteiger partial charge is 0.0438 e. The second kappa shape index (κ2) is 12.8. The monoisotopic (exact) mass is 388 g/mol. The minimum atomic E-state index is 0.540. The van der Waals surface area contributed by atoms with Crippen LogP contribution in [-0.4, -0.2) is 11.5 Å². The number of aromatic nitrogens is 1. The van der Waals surface area contributed by atoms with Crippen molar-refractivity contribution < 1.29 is 0 Å². The van der Waals surface area contributed by atoms with E-state index in [1.807, 2.05) is 12.3 Å². The van der Waals surface area contributed by atoms with Gasteiger partial charge in [0.05, 0.1) is 0 Å². The molecule has 0 bridgehead atoms. The van der Waals surface area contributed by atoms with Gasteiger partial charge < -0.3 is 5.32 Å². The normalized spacial score (nSPS) is 11.5. The van der Waals surface area contributed by atoms with E-state index in [1.54, 1.807) is 6.20 Å². The van der Waals surface area contributed by atoms with Crippen molar-refractivity contribution in [2.75, 3.05) is 6.54 Å². The zero-order chi connectivity index (χ0) is 20.9. The molecule has 0 radical (unpaired) electrons. The average Bonchev–Trinajstić information content (AvgIpc) is 2.73. The molecule has 1 N–H and O–H groups in total. The standard InChI is InChI=1S/C27H36N2/c1-5-12-27-26(16-11-21-29-27)24(14-8-9-20-28-19-6-2)18-17-23-15-10-13-22(4)25(23)7-3/h7,10-11,13,15-16,19,21,24,28H,2-3,5,8-9,12,14,17-18,20H2,1,4H3. The molecule has 0 spiro atoms. The molecule has 2 aromatic rings. The summed E-state index contributed by atoms with van der Waals surface area (Å²) in [6.07, 6.45) is 13.7. The number of hydrogen-bond acceptors (Lipinski definition) is 2. The molecule has 0 fully saturated rings. The summed E-state index contributed by atoms with van der Waals surface area (Å²) in [4.78, 5) is 4.71. The Hall–Kier alpha value is -2.57. The fourth-order valence-corrected chi connectivity index (χ4v) is 4.07. The molecule has 2 heteroatoms. The number of nitrogens with zero attached hydrogens (tertiary/aromatic N) is 1. The van der Waals surface area contributed by atoms with Crippen LogP contribution in [0.15, 0.2) is 61.6 Å². The lowest BCUT2D eigenvalue weighted by Gasteiger charge is -2.21. The Bertz CT molecular complexity index is 815. The quantitative estimate of drug-likeness (QED) is 0.303. The van der Waals surface area contributed by atoms with Gasteiger partial charge in [0, 0.05) is 24.6 Å². The predicted molar refractivity (Wildman–Crippen MR) is 126 cm³/mol. The van der Waals surface area contributed by atoms with Crippen LogP contribution in [0.2, 0.25) is 0 Å². The Labute approximate surface area is 177 Å². The summed E-state index contributed by atoms with van der Waals surface area (Å²) >= 11 is 0. The minimum absolute atomic E-state index is 0.540. The molecule has 1 aromatic carbocycles. The molecule has 1 atom stereocenters. The first-order valence-corrected chi connectivity index (χ1v) is 10.9. The van der Waals surface area contributed by atoms with Crippen LogP contribution in [-0.2, 0) is 12.8 Å². The van der Waals surface area contributed by atoms with Crippen LogP contribution in [0.25, 0.3) is 6.08 Å². The van der Waals surface area contributed by atoms with Crippen LogP contribution in [0.4, 0.5) is 0 Å². The Morgan fingerprint density at radius 2 is 2.00 bits per heavy atom. The van der Waals surface area contributed by atoms with Gasteiger partial charge in [-0.3, -0.25) is 4.98 Å². The number of aryl methyl sites for hydroxylation is 3. The van der Waals surface area contributed by atoms with Gasteiger partial charge in [0.2, 0.25) is 0 Å². The molecular formula is C27H36N2. The first kappa shape index (κ1) is 22.7. The first-order valence-electron chi connectivity index (χ1n) is 10.9. The third-order valence-electron chi connectivity index (χ3n) is 5.56. The second-order valence-corrected chi connectivity index (χ2v) is 7.68. The zero-order valence-corrected chi connectivity index (χ0v) is 18.2. The molecule has 2 rings (SSSR count). The highest BCUT2D eigenvalue weighted by Crippen LogP contribution is 2.30. The van der Waals surface area contributed by atoms with E-state index in [0.717, 1.165) is 38.6 Å². The SMILES string of the molecule is C=C=CNCCCCC(CCc1cccc(C)c1C=C)c1cccnc1CCC. The van der Waals surface area contributed by atoms with Gasteiger partial charge in [-0.15, -0.1) is 5.73 Å². The summed E-state index contributed by atoms with van der Waals surface area (Å²) in [5.74, 6) is 0.540. The Morgan fingerprint density at radius 3 is 2.76 bits per heavy atom. The lowest BCUT2D eigenvalue weighted by molar-refractivity contribution is 0.528. The predicted octanol–water partition coefficient (Wildman–Crippen LogP) is 6.76. The summed E-state index contributed by atoms with van der Waals surface area (Å²) in [6, 6.07) is 11.0. The average molecular weight is 389 g/mol. The molecule has 154 valence electrons. The fraction of sp³-hybridized carbons (Fsp3) is 0.407. The molecule has 0 aliphatic rings. The van der Waals surface area contributed by atoms with Crippen molar-refractivity contribution >= 4 is 6.08 Å². The molecule has 1 unspecified atom stereocenters. The van der Waals surface area contributed by atoms with Crippen LogP contribution < -0.4 is 5.32 Å². The summed E-state index contributed by atoms with van der Waals surface area (Å²) in [7, 11) is 0. The molecule has 0 amide bonds. The van der Waals surface area contributed by atoms with E-state index in [0.29, 0.717) is 5.92 Å². The van der Waals surface area contributed by atoms with Gasteiger partial charge in [-0.05, 0) is 73.3 Å². The van der Waals surface area contributed by atoms with Gasteiger partial charge in [-0.2, -0.15) is 0 Å². The van der Waals surface area contributed by atoms with Crippen molar-refractivity contribution in [3.63, 3.8) is 0 Å². The molecule has 0 saturated carbocycles. The van der Waals surface area contributed by atoms with Gasteiger partial charge in [0.1, 0.15) is 0 Å². The van der Waals surface area contributed by atoms with Crippen LogP contribution in [0.1, 0.15) is 72.9 Å². The molecular weight excluding hydrogens is 352 g/mol. The largest absolute Gasteiger partial charge is 0.385 e. The van der Waals surface area contributed by atoms with Crippen LogP contribution in [0.3, 0.4) is 0 Å². The number of hydrogen-bond donors (Lipinski definition) is 1.